The van der Waals surface area contributed by atoms with E-state index in [1.165, 1.54) is 28.3 Å². The first-order valence-corrected chi connectivity index (χ1v) is 11.0. The summed E-state index contributed by atoms with van der Waals surface area (Å²) in [5.41, 5.74) is 1.27. The number of rotatable bonds is 8. The van der Waals surface area contributed by atoms with Crippen LogP contribution in [0.5, 0.6) is 0 Å². The number of thioether (sulfide) groups is 1. The number of benzene rings is 1. The number of nitrogens with one attached hydrogen (secondary N) is 1. The minimum absolute atomic E-state index is 0.0426. The number of hydrogen-bond donors (Lipinski definition) is 1. The first kappa shape index (κ1) is 20.2. The van der Waals surface area contributed by atoms with Crippen LogP contribution in [0.2, 0.25) is 0 Å². The standard InChI is InChI=1S/C17H27N3O3S2/c1-19(2)25(22,23)20-11-6-9-16(13-20)17(21)18-10-12-24-14-15-7-4-3-5-8-15/h3-5,7-8,16H,6,9-14H2,1-2H3,(H,18,21). The molecule has 1 atom stereocenters. The third-order valence-electron chi connectivity index (χ3n) is 4.20. The van der Waals surface area contributed by atoms with Gasteiger partial charge in [-0.15, -0.1) is 0 Å². The number of hydrogen-bond acceptors (Lipinski definition) is 4. The maximum atomic E-state index is 12.3. The minimum Gasteiger partial charge on any atom is -0.355 e. The minimum atomic E-state index is -3.44. The van der Waals surface area contributed by atoms with E-state index in [4.69, 9.17) is 0 Å². The Balaban J connectivity index is 1.71. The highest BCUT2D eigenvalue weighted by Gasteiger charge is 2.33. The van der Waals surface area contributed by atoms with E-state index in [-0.39, 0.29) is 18.4 Å². The molecule has 1 aromatic rings. The molecule has 1 saturated heterocycles. The number of carbonyl (C=O) groups is 1. The molecule has 1 heterocycles. The molecule has 0 spiro atoms. The van der Waals surface area contributed by atoms with Crippen molar-refractivity contribution in [1.29, 1.82) is 0 Å². The molecule has 140 valence electrons. The van der Waals surface area contributed by atoms with Gasteiger partial charge in [-0.2, -0.15) is 28.8 Å². The van der Waals surface area contributed by atoms with Crippen molar-refractivity contribution in [3.63, 3.8) is 0 Å². The predicted molar refractivity (Wildman–Crippen MR) is 103 cm³/mol. The molecule has 2 rings (SSSR count). The van der Waals surface area contributed by atoms with Crippen LogP contribution in [-0.2, 0) is 20.8 Å². The van der Waals surface area contributed by atoms with Gasteiger partial charge in [0.1, 0.15) is 0 Å². The fourth-order valence-electron chi connectivity index (χ4n) is 2.75. The summed E-state index contributed by atoms with van der Waals surface area (Å²) in [6.07, 6.45) is 1.45. The van der Waals surface area contributed by atoms with Crippen LogP contribution in [-0.4, -0.2) is 62.4 Å². The van der Waals surface area contributed by atoms with E-state index in [0.29, 0.717) is 19.5 Å². The molecule has 0 radical (unpaired) electrons. The molecule has 0 aliphatic carbocycles. The molecule has 6 nitrogen and oxygen atoms in total. The maximum Gasteiger partial charge on any atom is 0.281 e. The lowest BCUT2D eigenvalue weighted by molar-refractivity contribution is -0.125. The van der Waals surface area contributed by atoms with E-state index in [9.17, 15) is 13.2 Å². The van der Waals surface area contributed by atoms with Crippen molar-refractivity contribution in [2.75, 3.05) is 39.5 Å². The van der Waals surface area contributed by atoms with Crippen LogP contribution in [0.1, 0.15) is 18.4 Å². The van der Waals surface area contributed by atoms with Crippen molar-refractivity contribution in [3.8, 4) is 0 Å². The third kappa shape index (κ3) is 5.99. The summed E-state index contributed by atoms with van der Waals surface area (Å²) in [5.74, 6) is 1.46. The summed E-state index contributed by atoms with van der Waals surface area (Å²) in [6.45, 7) is 1.36. The average Bonchev–Trinajstić information content (AvgIpc) is 2.62. The maximum absolute atomic E-state index is 12.3. The third-order valence-corrected chi connectivity index (χ3v) is 7.14. The molecule has 1 aromatic carbocycles. The van der Waals surface area contributed by atoms with E-state index < -0.39 is 10.2 Å². The van der Waals surface area contributed by atoms with Crippen molar-refractivity contribution >= 4 is 27.9 Å². The fourth-order valence-corrected chi connectivity index (χ4v) is 4.76. The van der Waals surface area contributed by atoms with Crippen LogP contribution in [0.3, 0.4) is 0 Å². The SMILES string of the molecule is CN(C)S(=O)(=O)N1CCCC(C(=O)NCCSCc2ccccc2)C1. The van der Waals surface area contributed by atoms with Gasteiger partial charge in [-0.05, 0) is 18.4 Å². The number of nitrogens with zero attached hydrogens (tertiary/aromatic N) is 2. The molecular formula is C17H27N3O3S2. The second-order valence-electron chi connectivity index (χ2n) is 6.32. The zero-order chi connectivity index (χ0) is 18.3. The summed E-state index contributed by atoms with van der Waals surface area (Å²) >= 11 is 1.78. The highest BCUT2D eigenvalue weighted by atomic mass is 32.2. The van der Waals surface area contributed by atoms with Crippen LogP contribution in [0.15, 0.2) is 30.3 Å². The predicted octanol–water partition coefficient (Wildman–Crippen LogP) is 1.55. The van der Waals surface area contributed by atoms with Crippen molar-refractivity contribution < 1.29 is 13.2 Å². The Labute approximate surface area is 155 Å². The fraction of sp³-hybridized carbons (Fsp3) is 0.588. The summed E-state index contributed by atoms with van der Waals surface area (Å²) < 4.78 is 27.0. The second kappa shape index (κ2) is 9.56. The van der Waals surface area contributed by atoms with Gasteiger partial charge < -0.3 is 5.32 Å². The van der Waals surface area contributed by atoms with Gasteiger partial charge in [-0.1, -0.05) is 30.3 Å². The van der Waals surface area contributed by atoms with E-state index in [0.717, 1.165) is 17.9 Å². The Morgan fingerprint density at radius 2 is 2.04 bits per heavy atom. The number of carbonyl (C=O) groups excluding carboxylic acids is 1. The molecule has 0 bridgehead atoms. The van der Waals surface area contributed by atoms with Crippen molar-refractivity contribution in [2.45, 2.75) is 18.6 Å². The lowest BCUT2D eigenvalue weighted by Crippen LogP contribution is -2.49. The summed E-state index contributed by atoms with van der Waals surface area (Å²) in [7, 11) is -0.410. The lowest BCUT2D eigenvalue weighted by Gasteiger charge is -2.32. The highest BCUT2D eigenvalue weighted by molar-refractivity contribution is 7.98. The molecule has 0 aromatic heterocycles. The Hall–Kier alpha value is -1.09. The van der Waals surface area contributed by atoms with Gasteiger partial charge in [0.15, 0.2) is 0 Å². The first-order chi connectivity index (χ1) is 11.9. The monoisotopic (exact) mass is 385 g/mol. The van der Waals surface area contributed by atoms with Crippen LogP contribution in [0, 0.1) is 5.92 Å². The molecular weight excluding hydrogens is 358 g/mol. The van der Waals surface area contributed by atoms with E-state index >= 15 is 0 Å². The van der Waals surface area contributed by atoms with Gasteiger partial charge in [-0.25, -0.2) is 0 Å². The Kier molecular flexibility index (Phi) is 7.74. The van der Waals surface area contributed by atoms with Crippen molar-refractivity contribution in [3.05, 3.63) is 35.9 Å². The zero-order valence-corrected chi connectivity index (χ0v) is 16.5. The van der Waals surface area contributed by atoms with E-state index in [1.54, 1.807) is 11.8 Å². The smallest absolute Gasteiger partial charge is 0.281 e. The molecule has 8 heteroatoms. The van der Waals surface area contributed by atoms with Gasteiger partial charge in [0.05, 0.1) is 5.92 Å². The molecule has 0 saturated carbocycles. The Bertz CT molecular complexity index is 650. The van der Waals surface area contributed by atoms with Crippen LogP contribution >= 0.6 is 11.8 Å². The molecule has 1 amide bonds. The van der Waals surface area contributed by atoms with Crippen molar-refractivity contribution in [2.24, 2.45) is 5.92 Å². The molecule has 1 aliphatic heterocycles. The summed E-state index contributed by atoms with van der Waals surface area (Å²) in [6, 6.07) is 10.2. The van der Waals surface area contributed by atoms with E-state index in [1.807, 2.05) is 18.2 Å². The largest absolute Gasteiger partial charge is 0.355 e. The normalized spacial score (nSPS) is 19.1. The summed E-state index contributed by atoms with van der Waals surface area (Å²) in [5, 5.41) is 2.95. The van der Waals surface area contributed by atoms with Crippen LogP contribution in [0.4, 0.5) is 0 Å². The highest BCUT2D eigenvalue weighted by Crippen LogP contribution is 2.20. The van der Waals surface area contributed by atoms with Gasteiger partial charge in [-0.3, -0.25) is 4.79 Å². The van der Waals surface area contributed by atoms with Gasteiger partial charge in [0.2, 0.25) is 5.91 Å². The zero-order valence-electron chi connectivity index (χ0n) is 14.8. The van der Waals surface area contributed by atoms with Gasteiger partial charge >= 0.3 is 0 Å². The van der Waals surface area contributed by atoms with Gasteiger partial charge in [0, 0.05) is 45.2 Å². The lowest BCUT2D eigenvalue weighted by atomic mass is 9.99. The van der Waals surface area contributed by atoms with E-state index in [2.05, 4.69) is 17.4 Å². The Morgan fingerprint density at radius 1 is 1.32 bits per heavy atom. The number of piperidine rings is 1. The number of amides is 1. The van der Waals surface area contributed by atoms with Crippen LogP contribution in [0.25, 0.3) is 0 Å². The first-order valence-electron chi connectivity index (χ1n) is 8.48. The Morgan fingerprint density at radius 3 is 2.72 bits per heavy atom. The molecule has 25 heavy (non-hydrogen) atoms. The molecule has 1 fully saturated rings. The average molecular weight is 386 g/mol. The molecule has 1 N–H and O–H groups in total. The topological polar surface area (TPSA) is 69.7 Å². The summed E-state index contributed by atoms with van der Waals surface area (Å²) in [4.78, 5) is 12.3. The quantitative estimate of drug-likeness (QED) is 0.690. The molecule has 1 unspecified atom stereocenters. The van der Waals surface area contributed by atoms with Crippen LogP contribution < -0.4 is 5.32 Å². The van der Waals surface area contributed by atoms with Crippen molar-refractivity contribution in [1.82, 2.24) is 13.9 Å². The van der Waals surface area contributed by atoms with Gasteiger partial charge in [0.25, 0.3) is 10.2 Å². The molecule has 1 aliphatic rings. The second-order valence-corrected chi connectivity index (χ2v) is 9.56.